The van der Waals surface area contributed by atoms with Crippen molar-refractivity contribution in [3.63, 3.8) is 0 Å². The van der Waals surface area contributed by atoms with Crippen LogP contribution in [0.15, 0.2) is 57.1 Å². The van der Waals surface area contributed by atoms with Gasteiger partial charge in [-0.1, -0.05) is 30.3 Å². The van der Waals surface area contributed by atoms with Gasteiger partial charge in [0, 0.05) is 0 Å². The summed E-state index contributed by atoms with van der Waals surface area (Å²) >= 11 is 6.95. The van der Waals surface area contributed by atoms with E-state index < -0.39 is 11.9 Å². The van der Waals surface area contributed by atoms with Gasteiger partial charge in [0.1, 0.15) is 18.1 Å². The average Bonchev–Trinajstić information content (AvgIpc) is 2.85. The van der Waals surface area contributed by atoms with Crippen molar-refractivity contribution in [2.45, 2.75) is 6.61 Å². The highest BCUT2D eigenvalue weighted by Gasteiger charge is 2.23. The lowest BCUT2D eigenvalue weighted by atomic mass is 10.2. The number of ether oxygens (including phenoxy) is 1. The Morgan fingerprint density at radius 1 is 1.00 bits per heavy atom. The third-order valence-electron chi connectivity index (χ3n) is 3.28. The molecule has 1 aliphatic heterocycles. The highest BCUT2D eigenvalue weighted by Crippen LogP contribution is 2.36. The molecule has 1 saturated heterocycles. The van der Waals surface area contributed by atoms with E-state index in [4.69, 9.17) is 4.74 Å². The van der Waals surface area contributed by atoms with Crippen molar-refractivity contribution in [3.8, 4) is 5.75 Å². The Bertz CT molecular complexity index is 812. The van der Waals surface area contributed by atoms with Gasteiger partial charge in [-0.25, -0.2) is 4.79 Å². The second-order valence-electron chi connectivity index (χ2n) is 5.05. The van der Waals surface area contributed by atoms with E-state index >= 15 is 0 Å². The SMILES string of the molecule is O=C1NC(=O)/C(=C\c2cc(Br)c(OCc3ccccc3)c(Br)c2)N1. The maximum atomic E-state index is 11.6. The highest BCUT2D eigenvalue weighted by molar-refractivity contribution is 9.11. The second-order valence-corrected chi connectivity index (χ2v) is 6.76. The molecular weight excluding hydrogens is 440 g/mol. The Balaban J connectivity index is 1.80. The fraction of sp³-hybridized carbons (Fsp3) is 0.0588. The molecule has 5 nitrogen and oxygen atoms in total. The second kappa shape index (κ2) is 7.19. The van der Waals surface area contributed by atoms with E-state index in [1.807, 2.05) is 42.5 Å². The number of carbonyl (C=O) groups excluding carboxylic acids is 2. The summed E-state index contributed by atoms with van der Waals surface area (Å²) in [6.45, 7) is 0.441. The maximum absolute atomic E-state index is 11.6. The minimum atomic E-state index is -0.521. The zero-order valence-corrected chi connectivity index (χ0v) is 15.5. The molecule has 1 fully saturated rings. The summed E-state index contributed by atoms with van der Waals surface area (Å²) in [5, 5.41) is 4.61. The van der Waals surface area contributed by atoms with Crippen LogP contribution in [0.5, 0.6) is 5.75 Å². The van der Waals surface area contributed by atoms with Crippen molar-refractivity contribution in [1.29, 1.82) is 0 Å². The lowest BCUT2D eigenvalue weighted by Gasteiger charge is -2.11. The molecule has 1 heterocycles. The van der Waals surface area contributed by atoms with Crippen molar-refractivity contribution in [3.05, 3.63) is 68.2 Å². The Morgan fingerprint density at radius 3 is 2.25 bits per heavy atom. The van der Waals surface area contributed by atoms with Crippen molar-refractivity contribution in [2.75, 3.05) is 0 Å². The molecule has 122 valence electrons. The average molecular weight is 452 g/mol. The molecule has 0 radical (unpaired) electrons. The van der Waals surface area contributed by atoms with Crippen LogP contribution in [-0.2, 0) is 11.4 Å². The summed E-state index contributed by atoms with van der Waals surface area (Å²) in [4.78, 5) is 22.7. The van der Waals surface area contributed by atoms with Gasteiger partial charge in [-0.2, -0.15) is 0 Å². The van der Waals surface area contributed by atoms with Crippen LogP contribution in [0.1, 0.15) is 11.1 Å². The molecule has 24 heavy (non-hydrogen) atoms. The van der Waals surface area contributed by atoms with E-state index in [0.717, 1.165) is 20.1 Å². The number of urea groups is 1. The number of hydrogen-bond acceptors (Lipinski definition) is 3. The number of imide groups is 1. The lowest BCUT2D eigenvalue weighted by molar-refractivity contribution is -0.115. The van der Waals surface area contributed by atoms with Crippen LogP contribution in [0.3, 0.4) is 0 Å². The fourth-order valence-electron chi connectivity index (χ4n) is 2.18. The van der Waals surface area contributed by atoms with Crippen molar-refractivity contribution in [1.82, 2.24) is 10.6 Å². The van der Waals surface area contributed by atoms with E-state index in [9.17, 15) is 9.59 Å². The first-order valence-electron chi connectivity index (χ1n) is 7.03. The number of nitrogens with one attached hydrogen (secondary N) is 2. The molecule has 0 aliphatic carbocycles. The van der Waals surface area contributed by atoms with Gasteiger partial charge < -0.3 is 10.1 Å². The first-order valence-corrected chi connectivity index (χ1v) is 8.61. The summed E-state index contributed by atoms with van der Waals surface area (Å²) < 4.78 is 7.33. The molecule has 0 atom stereocenters. The van der Waals surface area contributed by atoms with Crippen LogP contribution in [-0.4, -0.2) is 11.9 Å². The van der Waals surface area contributed by atoms with Crippen LogP contribution in [0.4, 0.5) is 4.79 Å². The lowest BCUT2D eigenvalue weighted by Crippen LogP contribution is -2.22. The molecule has 0 saturated carbocycles. The smallest absolute Gasteiger partial charge is 0.326 e. The topological polar surface area (TPSA) is 67.4 Å². The normalized spacial score (nSPS) is 15.3. The quantitative estimate of drug-likeness (QED) is 0.545. The summed E-state index contributed by atoms with van der Waals surface area (Å²) in [5.41, 5.74) is 2.01. The zero-order valence-electron chi connectivity index (χ0n) is 12.3. The molecule has 0 unspecified atom stereocenters. The van der Waals surface area contributed by atoms with Crippen molar-refractivity contribution in [2.24, 2.45) is 0 Å². The van der Waals surface area contributed by atoms with Crippen LogP contribution in [0.2, 0.25) is 0 Å². The van der Waals surface area contributed by atoms with Crippen molar-refractivity contribution < 1.29 is 14.3 Å². The van der Waals surface area contributed by atoms with E-state index in [-0.39, 0.29) is 5.70 Å². The fourth-order valence-corrected chi connectivity index (χ4v) is 3.63. The molecule has 2 aromatic carbocycles. The Kier molecular flexibility index (Phi) is 5.01. The van der Waals surface area contributed by atoms with Gasteiger partial charge in [0.25, 0.3) is 5.91 Å². The molecule has 2 N–H and O–H groups in total. The van der Waals surface area contributed by atoms with E-state index in [0.29, 0.717) is 12.4 Å². The predicted molar refractivity (Wildman–Crippen MR) is 97.3 cm³/mol. The maximum Gasteiger partial charge on any atom is 0.326 e. The van der Waals surface area contributed by atoms with Crippen LogP contribution in [0, 0.1) is 0 Å². The Labute approximate surface area is 155 Å². The zero-order chi connectivity index (χ0) is 17.1. The molecule has 0 bridgehead atoms. The number of halogens is 2. The number of carbonyl (C=O) groups is 2. The minimum absolute atomic E-state index is 0.205. The number of hydrogen-bond donors (Lipinski definition) is 2. The number of rotatable bonds is 4. The highest BCUT2D eigenvalue weighted by atomic mass is 79.9. The molecule has 1 aliphatic rings. The summed E-state index contributed by atoms with van der Waals surface area (Å²) in [7, 11) is 0. The van der Waals surface area contributed by atoms with Gasteiger partial charge in [0.15, 0.2) is 0 Å². The first-order chi connectivity index (χ1) is 11.5. The standard InChI is InChI=1S/C17H12Br2N2O3/c18-12-6-11(8-14-16(22)21-17(23)20-14)7-13(19)15(12)24-9-10-4-2-1-3-5-10/h1-8H,9H2,(H2,20,21,22,23)/b14-8+. The molecule has 7 heteroatoms. The predicted octanol–water partition coefficient (Wildman–Crippen LogP) is 3.97. The van der Waals surface area contributed by atoms with Crippen LogP contribution < -0.4 is 15.4 Å². The molecular formula is C17H12Br2N2O3. The largest absolute Gasteiger partial charge is 0.487 e. The Morgan fingerprint density at radius 2 is 1.67 bits per heavy atom. The molecule has 0 aromatic heterocycles. The van der Waals surface area contributed by atoms with Gasteiger partial charge in [-0.05, 0) is 61.2 Å². The van der Waals surface area contributed by atoms with Crippen LogP contribution in [0.25, 0.3) is 6.08 Å². The van der Waals surface area contributed by atoms with Crippen LogP contribution >= 0.6 is 31.9 Å². The third-order valence-corrected chi connectivity index (χ3v) is 4.46. The van der Waals surface area contributed by atoms with Gasteiger partial charge in [-0.15, -0.1) is 0 Å². The van der Waals surface area contributed by atoms with E-state index in [2.05, 4.69) is 42.5 Å². The van der Waals surface area contributed by atoms with E-state index in [1.165, 1.54) is 0 Å². The molecule has 2 aromatic rings. The number of benzene rings is 2. The Hall–Kier alpha value is -2.12. The molecule has 3 amide bonds. The summed E-state index contributed by atoms with van der Waals surface area (Å²) in [5.74, 6) is 0.220. The molecule has 0 spiro atoms. The monoisotopic (exact) mass is 450 g/mol. The molecule has 3 rings (SSSR count). The van der Waals surface area contributed by atoms with E-state index in [1.54, 1.807) is 6.08 Å². The van der Waals surface area contributed by atoms with Gasteiger partial charge in [-0.3, -0.25) is 10.1 Å². The first kappa shape index (κ1) is 16.7. The minimum Gasteiger partial charge on any atom is -0.487 e. The van der Waals surface area contributed by atoms with Crippen molar-refractivity contribution >= 4 is 49.9 Å². The third kappa shape index (κ3) is 3.85. The summed E-state index contributed by atoms with van der Waals surface area (Å²) in [6.07, 6.45) is 1.59. The van der Waals surface area contributed by atoms with Gasteiger partial charge in [0.05, 0.1) is 8.95 Å². The number of amides is 3. The summed E-state index contributed by atoms with van der Waals surface area (Å²) in [6, 6.07) is 13.0. The van der Waals surface area contributed by atoms with Gasteiger partial charge >= 0.3 is 6.03 Å². The van der Waals surface area contributed by atoms with Gasteiger partial charge in [0.2, 0.25) is 0 Å².